The molecule has 0 aliphatic carbocycles. The zero-order valence-electron chi connectivity index (χ0n) is 21.2. The van der Waals surface area contributed by atoms with Gasteiger partial charge in [0.25, 0.3) is 0 Å². The van der Waals surface area contributed by atoms with Crippen molar-refractivity contribution in [2.45, 2.75) is 57.8 Å². The molecular formula is C27H35NO8. The number of esters is 1. The summed E-state index contributed by atoms with van der Waals surface area (Å²) >= 11 is 0. The number of carbonyl (C=O) groups is 3. The van der Waals surface area contributed by atoms with E-state index in [9.17, 15) is 14.4 Å². The van der Waals surface area contributed by atoms with E-state index in [1.54, 1.807) is 20.8 Å². The molecule has 196 valence electrons. The minimum absolute atomic E-state index is 0.0749. The number of ether oxygens (including phenoxy) is 5. The smallest absolute Gasteiger partial charge is 0.408 e. The van der Waals surface area contributed by atoms with Crippen molar-refractivity contribution in [3.8, 4) is 0 Å². The minimum Gasteiger partial charge on any atom is -0.467 e. The summed E-state index contributed by atoms with van der Waals surface area (Å²) in [6.45, 7) is 5.26. The monoisotopic (exact) mass is 501 g/mol. The van der Waals surface area contributed by atoms with Gasteiger partial charge in [0.1, 0.15) is 17.8 Å². The molecular weight excluding hydrogens is 466 g/mol. The molecule has 0 saturated heterocycles. The van der Waals surface area contributed by atoms with E-state index in [0.717, 1.165) is 11.1 Å². The van der Waals surface area contributed by atoms with Gasteiger partial charge in [0.05, 0.1) is 33.5 Å². The summed E-state index contributed by atoms with van der Waals surface area (Å²) in [5.41, 5.74) is 1.07. The van der Waals surface area contributed by atoms with Crippen LogP contribution in [-0.2, 0) is 46.5 Å². The zero-order valence-corrected chi connectivity index (χ0v) is 21.2. The van der Waals surface area contributed by atoms with Crippen LogP contribution in [0.15, 0.2) is 60.7 Å². The molecule has 0 radical (unpaired) electrons. The number of aldehydes is 1. The summed E-state index contributed by atoms with van der Waals surface area (Å²) in [4.78, 5) is 36.2. The molecule has 2 aromatic carbocycles. The molecule has 0 saturated carbocycles. The molecule has 0 heterocycles. The Bertz CT molecular complexity index is 930. The number of alkyl carbamates (subject to hydrolysis) is 1. The first-order valence-electron chi connectivity index (χ1n) is 11.6. The summed E-state index contributed by atoms with van der Waals surface area (Å²) in [6, 6.07) is 17.8. The second-order valence-electron chi connectivity index (χ2n) is 8.99. The van der Waals surface area contributed by atoms with Crippen molar-refractivity contribution < 1.29 is 38.1 Å². The molecule has 2 rings (SSSR count). The maximum atomic E-state index is 12.2. The number of amides is 1. The largest absolute Gasteiger partial charge is 0.467 e. The average molecular weight is 502 g/mol. The van der Waals surface area contributed by atoms with Crippen molar-refractivity contribution in [2.24, 2.45) is 0 Å². The molecule has 0 bridgehead atoms. The highest BCUT2D eigenvalue weighted by Gasteiger charge is 2.28. The Balaban J connectivity index is 2.03. The van der Waals surface area contributed by atoms with Crippen molar-refractivity contribution >= 4 is 18.3 Å². The second kappa shape index (κ2) is 15.0. The predicted octanol–water partition coefficient (Wildman–Crippen LogP) is 3.44. The van der Waals surface area contributed by atoms with Crippen molar-refractivity contribution in [2.75, 3.05) is 20.3 Å². The van der Waals surface area contributed by atoms with E-state index in [-0.39, 0.29) is 26.4 Å². The van der Waals surface area contributed by atoms with E-state index in [2.05, 4.69) is 5.32 Å². The Hall–Kier alpha value is -3.27. The molecule has 3 atom stereocenters. The SMILES string of the molecule is COC(=O)C(COCC(OCc1ccccc1)C(C=O)OCc1ccccc1)NC(=O)OC(C)(C)C. The highest BCUT2D eigenvalue weighted by atomic mass is 16.6. The number of hydrogen-bond acceptors (Lipinski definition) is 8. The number of nitrogens with one attached hydrogen (secondary N) is 1. The molecule has 0 aliphatic rings. The van der Waals surface area contributed by atoms with Gasteiger partial charge in [0, 0.05) is 0 Å². The quantitative estimate of drug-likeness (QED) is 0.310. The maximum absolute atomic E-state index is 12.2. The van der Waals surface area contributed by atoms with E-state index in [4.69, 9.17) is 23.7 Å². The van der Waals surface area contributed by atoms with Crippen molar-refractivity contribution in [1.82, 2.24) is 5.32 Å². The lowest BCUT2D eigenvalue weighted by Crippen LogP contribution is -2.47. The normalized spacial score (nSPS) is 13.8. The summed E-state index contributed by atoms with van der Waals surface area (Å²) in [7, 11) is 1.21. The Morgan fingerprint density at radius 1 is 0.889 bits per heavy atom. The summed E-state index contributed by atoms with van der Waals surface area (Å²) in [5, 5.41) is 2.44. The summed E-state index contributed by atoms with van der Waals surface area (Å²) < 4.78 is 27.5. The van der Waals surface area contributed by atoms with Gasteiger partial charge in [-0.05, 0) is 31.9 Å². The van der Waals surface area contributed by atoms with E-state index in [1.807, 2.05) is 60.7 Å². The first-order chi connectivity index (χ1) is 17.2. The van der Waals surface area contributed by atoms with Crippen LogP contribution in [0.2, 0.25) is 0 Å². The Morgan fingerprint density at radius 2 is 1.44 bits per heavy atom. The van der Waals surface area contributed by atoms with Gasteiger partial charge in [0.15, 0.2) is 12.3 Å². The molecule has 0 aromatic heterocycles. The fourth-order valence-corrected chi connectivity index (χ4v) is 3.08. The van der Waals surface area contributed by atoms with Crippen molar-refractivity contribution in [1.29, 1.82) is 0 Å². The predicted molar refractivity (Wildman–Crippen MR) is 132 cm³/mol. The molecule has 9 nitrogen and oxygen atoms in total. The van der Waals surface area contributed by atoms with Crippen LogP contribution in [0.4, 0.5) is 4.79 Å². The first-order valence-corrected chi connectivity index (χ1v) is 11.6. The molecule has 2 aromatic rings. The summed E-state index contributed by atoms with van der Waals surface area (Å²) in [6.07, 6.45) is -1.82. The van der Waals surface area contributed by atoms with Crippen LogP contribution in [0.1, 0.15) is 31.9 Å². The maximum Gasteiger partial charge on any atom is 0.408 e. The van der Waals surface area contributed by atoms with Gasteiger partial charge >= 0.3 is 12.1 Å². The molecule has 1 amide bonds. The lowest BCUT2D eigenvalue weighted by molar-refractivity contribution is -0.149. The van der Waals surface area contributed by atoms with Gasteiger partial charge in [-0.2, -0.15) is 0 Å². The molecule has 0 fully saturated rings. The third-order valence-electron chi connectivity index (χ3n) is 4.84. The van der Waals surface area contributed by atoms with Crippen LogP contribution in [0.25, 0.3) is 0 Å². The van der Waals surface area contributed by atoms with E-state index in [1.165, 1.54) is 7.11 Å². The van der Waals surface area contributed by atoms with Crippen molar-refractivity contribution in [3.05, 3.63) is 71.8 Å². The minimum atomic E-state index is -1.11. The number of carbonyl (C=O) groups excluding carboxylic acids is 3. The van der Waals surface area contributed by atoms with E-state index in [0.29, 0.717) is 6.29 Å². The third kappa shape index (κ3) is 11.0. The van der Waals surface area contributed by atoms with Crippen molar-refractivity contribution in [3.63, 3.8) is 0 Å². The number of methoxy groups -OCH3 is 1. The number of rotatable bonds is 14. The van der Waals surface area contributed by atoms with Crippen LogP contribution in [0.3, 0.4) is 0 Å². The third-order valence-corrected chi connectivity index (χ3v) is 4.84. The number of benzene rings is 2. The van der Waals surface area contributed by atoms with Crippen LogP contribution in [0, 0.1) is 0 Å². The fourth-order valence-electron chi connectivity index (χ4n) is 3.08. The average Bonchev–Trinajstić information content (AvgIpc) is 2.86. The van der Waals surface area contributed by atoms with E-state index < -0.39 is 35.9 Å². The first kappa shape index (κ1) is 29.0. The van der Waals surface area contributed by atoms with Gasteiger partial charge < -0.3 is 33.8 Å². The molecule has 9 heteroatoms. The van der Waals surface area contributed by atoms with Crippen LogP contribution in [-0.4, -0.2) is 62.5 Å². The Morgan fingerprint density at radius 3 is 1.94 bits per heavy atom. The van der Waals surface area contributed by atoms with Gasteiger partial charge in [-0.3, -0.25) is 0 Å². The van der Waals surface area contributed by atoms with Gasteiger partial charge in [0.2, 0.25) is 0 Å². The fraction of sp³-hybridized carbons (Fsp3) is 0.444. The highest BCUT2D eigenvalue weighted by Crippen LogP contribution is 2.12. The lowest BCUT2D eigenvalue weighted by atomic mass is 10.2. The Kier molecular flexibility index (Phi) is 12.0. The zero-order chi connectivity index (χ0) is 26.4. The van der Waals surface area contributed by atoms with Crippen LogP contribution < -0.4 is 5.32 Å². The standard InChI is InChI=1S/C27H35NO8/c1-27(2,3)36-26(31)28-22(25(30)32-4)18-33-19-24(35-17-21-13-9-6-10-14-21)23(15-29)34-16-20-11-7-5-8-12-20/h5-15,22-24H,16-19H2,1-4H3,(H,28,31). The lowest BCUT2D eigenvalue weighted by Gasteiger charge is -2.25. The van der Waals surface area contributed by atoms with Gasteiger partial charge in [-0.15, -0.1) is 0 Å². The molecule has 36 heavy (non-hydrogen) atoms. The van der Waals surface area contributed by atoms with E-state index >= 15 is 0 Å². The van der Waals surface area contributed by atoms with Crippen LogP contribution in [0.5, 0.6) is 0 Å². The molecule has 3 unspecified atom stereocenters. The van der Waals surface area contributed by atoms with Gasteiger partial charge in [-0.25, -0.2) is 9.59 Å². The molecule has 1 N–H and O–H groups in total. The summed E-state index contributed by atoms with van der Waals surface area (Å²) in [5.74, 6) is -0.699. The van der Waals surface area contributed by atoms with Crippen LogP contribution >= 0.6 is 0 Å². The van der Waals surface area contributed by atoms with Gasteiger partial charge in [-0.1, -0.05) is 60.7 Å². The molecule has 0 spiro atoms. The Labute approximate surface area is 212 Å². The highest BCUT2D eigenvalue weighted by molar-refractivity contribution is 5.81. The second-order valence-corrected chi connectivity index (χ2v) is 8.99. The number of hydrogen-bond donors (Lipinski definition) is 1. The topological polar surface area (TPSA) is 109 Å². The molecule has 0 aliphatic heterocycles.